The topological polar surface area (TPSA) is 84.0 Å². The fraction of sp³-hybridized carbons (Fsp3) is 0.600. The molecule has 0 radical (unpaired) electrons. The number of amides is 1. The van der Waals surface area contributed by atoms with Gasteiger partial charge >= 0.3 is 0 Å². The molecule has 7 heteroatoms. The lowest BCUT2D eigenvalue weighted by Crippen LogP contribution is -2.39. The second kappa shape index (κ2) is 15.0. The number of rotatable bonds is 13. The van der Waals surface area contributed by atoms with Crippen LogP contribution in [0.2, 0.25) is 0 Å². The molecule has 1 aromatic carbocycles. The molecule has 7 nitrogen and oxygen atoms in total. The van der Waals surface area contributed by atoms with E-state index >= 15 is 0 Å². The lowest BCUT2D eigenvalue weighted by Gasteiger charge is -2.12. The summed E-state index contributed by atoms with van der Waals surface area (Å²) in [4.78, 5) is 16.3. The van der Waals surface area contributed by atoms with E-state index < -0.39 is 0 Å². The lowest BCUT2D eigenvalue weighted by molar-refractivity contribution is 0.0487. The van der Waals surface area contributed by atoms with Crippen molar-refractivity contribution in [1.29, 1.82) is 0 Å². The summed E-state index contributed by atoms with van der Waals surface area (Å²) in [5.74, 6) is 0.632. The van der Waals surface area contributed by atoms with Crippen LogP contribution in [0.4, 0.5) is 0 Å². The van der Waals surface area contributed by atoms with Crippen LogP contribution in [0.25, 0.3) is 0 Å². The summed E-state index contributed by atoms with van der Waals surface area (Å²) < 4.78 is 11.0. The molecular weight excluding hydrogens is 344 g/mol. The van der Waals surface area contributed by atoms with Gasteiger partial charge in [-0.25, -0.2) is 4.99 Å². The molecule has 0 heterocycles. The van der Waals surface area contributed by atoms with Crippen molar-refractivity contribution in [3.63, 3.8) is 0 Å². The molecule has 0 atom stereocenters. The van der Waals surface area contributed by atoms with Crippen molar-refractivity contribution in [2.24, 2.45) is 4.99 Å². The van der Waals surface area contributed by atoms with Gasteiger partial charge in [-0.2, -0.15) is 0 Å². The normalized spacial score (nSPS) is 11.3. The number of unbranched alkanes of at least 4 members (excludes halogenated alkanes) is 1. The number of ether oxygens (including phenoxy) is 2. The monoisotopic (exact) mass is 378 g/mol. The zero-order valence-corrected chi connectivity index (χ0v) is 16.8. The Labute approximate surface area is 162 Å². The zero-order valence-electron chi connectivity index (χ0n) is 16.8. The Morgan fingerprint density at radius 3 is 2.56 bits per heavy atom. The summed E-state index contributed by atoms with van der Waals surface area (Å²) in [7, 11) is 1.62. The highest BCUT2D eigenvalue weighted by molar-refractivity contribution is 5.94. The maximum atomic E-state index is 11.7. The van der Waals surface area contributed by atoms with Crippen molar-refractivity contribution in [2.45, 2.75) is 33.2 Å². The first-order valence-corrected chi connectivity index (χ1v) is 9.69. The Morgan fingerprint density at radius 2 is 1.85 bits per heavy atom. The van der Waals surface area contributed by atoms with Crippen molar-refractivity contribution < 1.29 is 14.3 Å². The highest BCUT2D eigenvalue weighted by Gasteiger charge is 2.04. The highest BCUT2D eigenvalue weighted by atomic mass is 16.5. The number of guanidine groups is 1. The third-order valence-corrected chi connectivity index (χ3v) is 3.73. The summed E-state index contributed by atoms with van der Waals surface area (Å²) in [5.41, 5.74) is 1.62. The minimum Gasteiger partial charge on any atom is -0.379 e. The van der Waals surface area contributed by atoms with Crippen molar-refractivity contribution in [3.05, 3.63) is 35.4 Å². The molecular formula is C20H34N4O3. The summed E-state index contributed by atoms with van der Waals surface area (Å²) >= 11 is 0. The Kier molecular flexibility index (Phi) is 12.7. The van der Waals surface area contributed by atoms with E-state index in [4.69, 9.17) is 9.47 Å². The highest BCUT2D eigenvalue weighted by Crippen LogP contribution is 2.06. The molecule has 3 N–H and O–H groups in total. The summed E-state index contributed by atoms with van der Waals surface area (Å²) in [6, 6.07) is 7.47. The fourth-order valence-corrected chi connectivity index (χ4v) is 2.28. The molecule has 152 valence electrons. The average molecular weight is 379 g/mol. The standard InChI is InChI=1S/C20H34N4O3/c1-4-6-11-26-13-14-27-12-10-23-20(22-5-2)24-16-17-8-7-9-18(15-17)19(25)21-3/h7-9,15H,4-6,10-14,16H2,1-3H3,(H,21,25)(H2,22,23,24). The van der Waals surface area contributed by atoms with Crippen LogP contribution in [-0.2, 0) is 16.0 Å². The van der Waals surface area contributed by atoms with E-state index in [-0.39, 0.29) is 5.91 Å². The molecule has 1 rings (SSSR count). The number of benzene rings is 1. The SMILES string of the molecule is CCCCOCCOCCNC(=NCc1cccc(C(=O)NC)c1)NCC. The van der Waals surface area contributed by atoms with E-state index in [1.807, 2.05) is 25.1 Å². The molecule has 0 bridgehead atoms. The van der Waals surface area contributed by atoms with E-state index in [0.29, 0.717) is 38.5 Å². The lowest BCUT2D eigenvalue weighted by atomic mass is 10.1. The molecule has 0 fully saturated rings. The molecule has 27 heavy (non-hydrogen) atoms. The number of hydrogen-bond acceptors (Lipinski definition) is 4. The van der Waals surface area contributed by atoms with Gasteiger partial charge in [0.1, 0.15) is 0 Å². The smallest absolute Gasteiger partial charge is 0.251 e. The minimum atomic E-state index is -0.0957. The number of hydrogen-bond donors (Lipinski definition) is 3. The molecule has 0 saturated heterocycles. The number of carbonyl (C=O) groups is 1. The van der Waals surface area contributed by atoms with Crippen LogP contribution < -0.4 is 16.0 Å². The van der Waals surface area contributed by atoms with Crippen LogP contribution in [0.3, 0.4) is 0 Å². The largest absolute Gasteiger partial charge is 0.379 e. The Balaban J connectivity index is 2.34. The van der Waals surface area contributed by atoms with Crippen LogP contribution >= 0.6 is 0 Å². The summed E-state index contributed by atoms with van der Waals surface area (Å²) in [6.45, 7) is 8.73. The third kappa shape index (κ3) is 10.6. The van der Waals surface area contributed by atoms with Gasteiger partial charge in [0.25, 0.3) is 5.91 Å². The minimum absolute atomic E-state index is 0.0957. The number of nitrogens with zero attached hydrogens (tertiary/aromatic N) is 1. The van der Waals surface area contributed by atoms with Crippen molar-refractivity contribution in [3.8, 4) is 0 Å². The molecule has 0 aliphatic heterocycles. The number of aliphatic imine (C=N–C) groups is 1. The van der Waals surface area contributed by atoms with Gasteiger partial charge in [0.15, 0.2) is 5.96 Å². The third-order valence-electron chi connectivity index (χ3n) is 3.73. The van der Waals surface area contributed by atoms with Crippen molar-refractivity contribution in [2.75, 3.05) is 46.6 Å². The zero-order chi connectivity index (χ0) is 19.7. The van der Waals surface area contributed by atoms with Gasteiger partial charge in [-0.1, -0.05) is 25.5 Å². The molecule has 0 saturated carbocycles. The average Bonchev–Trinajstić information content (AvgIpc) is 2.70. The molecule has 0 aliphatic rings. The first-order valence-electron chi connectivity index (χ1n) is 9.69. The van der Waals surface area contributed by atoms with E-state index in [1.165, 1.54) is 0 Å². The van der Waals surface area contributed by atoms with E-state index in [1.54, 1.807) is 13.1 Å². The molecule has 0 aromatic heterocycles. The Hall–Kier alpha value is -2.12. The predicted molar refractivity (Wildman–Crippen MR) is 109 cm³/mol. The van der Waals surface area contributed by atoms with Gasteiger partial charge in [0, 0.05) is 32.3 Å². The van der Waals surface area contributed by atoms with Crippen LogP contribution in [0, 0.1) is 0 Å². The summed E-state index contributed by atoms with van der Waals surface area (Å²) in [6.07, 6.45) is 2.24. The van der Waals surface area contributed by atoms with E-state index in [2.05, 4.69) is 27.9 Å². The Morgan fingerprint density at radius 1 is 1.07 bits per heavy atom. The van der Waals surface area contributed by atoms with Gasteiger partial charge in [-0.3, -0.25) is 4.79 Å². The molecule has 1 amide bonds. The van der Waals surface area contributed by atoms with Gasteiger partial charge in [0.2, 0.25) is 0 Å². The van der Waals surface area contributed by atoms with Crippen molar-refractivity contribution >= 4 is 11.9 Å². The number of nitrogens with one attached hydrogen (secondary N) is 3. The first-order chi connectivity index (χ1) is 13.2. The molecule has 1 aromatic rings. The van der Waals surface area contributed by atoms with Crippen molar-refractivity contribution in [1.82, 2.24) is 16.0 Å². The quantitative estimate of drug-likeness (QED) is 0.278. The molecule has 0 spiro atoms. The molecule has 0 aliphatic carbocycles. The second-order valence-corrected chi connectivity index (χ2v) is 5.98. The van der Waals surface area contributed by atoms with Gasteiger partial charge < -0.3 is 25.4 Å². The van der Waals surface area contributed by atoms with E-state index in [0.717, 1.165) is 37.5 Å². The molecule has 0 unspecified atom stereocenters. The van der Waals surface area contributed by atoms with Gasteiger partial charge in [-0.15, -0.1) is 0 Å². The fourth-order valence-electron chi connectivity index (χ4n) is 2.28. The van der Waals surface area contributed by atoms with Crippen LogP contribution in [-0.4, -0.2) is 58.4 Å². The first kappa shape index (κ1) is 22.9. The summed E-state index contributed by atoms with van der Waals surface area (Å²) in [5, 5.41) is 9.08. The van der Waals surface area contributed by atoms with Gasteiger partial charge in [-0.05, 0) is 31.0 Å². The maximum Gasteiger partial charge on any atom is 0.251 e. The predicted octanol–water partition coefficient (Wildman–Crippen LogP) is 1.93. The van der Waals surface area contributed by atoms with Crippen LogP contribution in [0.1, 0.15) is 42.6 Å². The maximum absolute atomic E-state index is 11.7. The van der Waals surface area contributed by atoms with Gasteiger partial charge in [0.05, 0.1) is 26.4 Å². The Bertz CT molecular complexity index is 564. The van der Waals surface area contributed by atoms with Crippen LogP contribution in [0.5, 0.6) is 0 Å². The number of carbonyl (C=O) groups excluding carboxylic acids is 1. The van der Waals surface area contributed by atoms with Crippen LogP contribution in [0.15, 0.2) is 29.3 Å². The van der Waals surface area contributed by atoms with E-state index in [9.17, 15) is 4.79 Å². The second-order valence-electron chi connectivity index (χ2n) is 5.98.